The minimum Gasteiger partial charge on any atom is -0.378 e. The molecule has 0 unspecified atom stereocenters. The third kappa shape index (κ3) is 3.85. The molecule has 2 saturated heterocycles. The van der Waals surface area contributed by atoms with Crippen molar-refractivity contribution in [3.8, 4) is 0 Å². The molecule has 1 amide bonds. The highest BCUT2D eigenvalue weighted by Gasteiger charge is 2.22. The Bertz CT molecular complexity index is 787. The summed E-state index contributed by atoms with van der Waals surface area (Å²) >= 11 is 0. The third-order valence-electron chi connectivity index (χ3n) is 4.94. The Labute approximate surface area is 157 Å². The van der Waals surface area contributed by atoms with Crippen LogP contribution in [-0.4, -0.2) is 73.3 Å². The Morgan fingerprint density at radius 2 is 1.56 bits per heavy atom. The second-order valence-corrected chi connectivity index (χ2v) is 6.60. The monoisotopic (exact) mass is 371 g/mol. The molecule has 0 N–H and O–H groups in total. The van der Waals surface area contributed by atoms with Crippen molar-refractivity contribution in [2.24, 2.45) is 0 Å². The fourth-order valence-corrected chi connectivity index (χ4v) is 3.40. The summed E-state index contributed by atoms with van der Waals surface area (Å²) in [5, 5.41) is 0. The minimum atomic E-state index is -0.201. The van der Waals surface area contributed by atoms with Crippen LogP contribution in [0.5, 0.6) is 0 Å². The van der Waals surface area contributed by atoms with Gasteiger partial charge in [-0.25, -0.2) is 14.4 Å². The van der Waals surface area contributed by atoms with E-state index < -0.39 is 0 Å². The van der Waals surface area contributed by atoms with E-state index in [0.29, 0.717) is 69.7 Å². The van der Waals surface area contributed by atoms with E-state index >= 15 is 0 Å². The van der Waals surface area contributed by atoms with Gasteiger partial charge in [-0.15, -0.1) is 0 Å². The van der Waals surface area contributed by atoms with E-state index in [1.807, 2.05) is 11.0 Å². The first-order chi connectivity index (χ1) is 13.2. The Hall–Kier alpha value is -2.74. The first kappa shape index (κ1) is 17.7. The highest BCUT2D eigenvalue weighted by molar-refractivity contribution is 5.93. The molecule has 2 fully saturated rings. The Morgan fingerprint density at radius 3 is 2.22 bits per heavy atom. The number of piperazine rings is 1. The van der Waals surface area contributed by atoms with Crippen molar-refractivity contribution in [3.63, 3.8) is 0 Å². The lowest BCUT2D eigenvalue weighted by Crippen LogP contribution is -2.47. The van der Waals surface area contributed by atoms with Crippen molar-refractivity contribution in [2.45, 2.75) is 0 Å². The van der Waals surface area contributed by atoms with Crippen molar-refractivity contribution in [1.29, 1.82) is 0 Å². The van der Waals surface area contributed by atoms with E-state index in [0.717, 1.165) is 0 Å². The predicted octanol–water partition coefficient (Wildman–Crippen LogP) is 1.41. The molecular weight excluding hydrogens is 349 g/mol. The second-order valence-electron chi connectivity index (χ2n) is 6.60. The van der Waals surface area contributed by atoms with Gasteiger partial charge in [-0.05, 0) is 12.1 Å². The van der Waals surface area contributed by atoms with Crippen LogP contribution in [0.3, 0.4) is 0 Å². The van der Waals surface area contributed by atoms with E-state index in [2.05, 4.69) is 14.9 Å². The maximum absolute atomic E-state index is 13.9. The number of hydrogen-bond acceptors (Lipinski definition) is 6. The highest BCUT2D eigenvalue weighted by Crippen LogP contribution is 2.21. The molecule has 0 radical (unpaired) electrons. The molecular formula is C19H22FN5O2. The van der Waals surface area contributed by atoms with E-state index in [1.165, 1.54) is 6.07 Å². The molecule has 4 rings (SSSR count). The van der Waals surface area contributed by atoms with Crippen molar-refractivity contribution in [1.82, 2.24) is 14.9 Å². The van der Waals surface area contributed by atoms with Crippen LogP contribution in [0.15, 0.2) is 36.7 Å². The number of morpholine rings is 1. The number of anilines is 2. The largest absolute Gasteiger partial charge is 0.378 e. The average molecular weight is 371 g/mol. The smallest absolute Gasteiger partial charge is 0.257 e. The van der Waals surface area contributed by atoms with Crippen LogP contribution in [-0.2, 0) is 4.74 Å². The summed E-state index contributed by atoms with van der Waals surface area (Å²) in [6.45, 7) is 5.11. The van der Waals surface area contributed by atoms with Gasteiger partial charge in [-0.1, -0.05) is 12.1 Å². The fraction of sp³-hybridized carbons (Fsp3) is 0.421. The van der Waals surface area contributed by atoms with Crippen molar-refractivity contribution in [2.75, 3.05) is 62.3 Å². The maximum Gasteiger partial charge on any atom is 0.257 e. The van der Waals surface area contributed by atoms with Gasteiger partial charge in [0.05, 0.1) is 24.5 Å². The van der Waals surface area contributed by atoms with Crippen molar-refractivity contribution < 1.29 is 13.9 Å². The number of benzene rings is 1. The van der Waals surface area contributed by atoms with E-state index in [-0.39, 0.29) is 11.7 Å². The number of rotatable bonds is 3. The molecule has 27 heavy (non-hydrogen) atoms. The van der Waals surface area contributed by atoms with Crippen LogP contribution in [0.4, 0.5) is 16.0 Å². The number of nitrogens with zero attached hydrogens (tertiary/aromatic N) is 5. The van der Waals surface area contributed by atoms with E-state index in [1.54, 1.807) is 29.4 Å². The van der Waals surface area contributed by atoms with Gasteiger partial charge < -0.3 is 19.4 Å². The summed E-state index contributed by atoms with van der Waals surface area (Å²) in [5.74, 6) is 0.337. The van der Waals surface area contributed by atoms with Gasteiger partial charge in [0.25, 0.3) is 5.91 Å². The summed E-state index contributed by atoms with van der Waals surface area (Å²) in [6, 6.07) is 6.82. The number of amides is 1. The lowest BCUT2D eigenvalue weighted by Gasteiger charge is -2.36. The number of aromatic nitrogens is 2. The number of carbonyl (C=O) groups excluding carboxylic acids is 1. The highest BCUT2D eigenvalue weighted by atomic mass is 19.1. The minimum absolute atomic E-state index is 0.0609. The maximum atomic E-state index is 13.9. The number of halogens is 1. The Kier molecular flexibility index (Phi) is 5.15. The molecule has 2 aliphatic heterocycles. The zero-order chi connectivity index (χ0) is 18.6. The lowest BCUT2D eigenvalue weighted by molar-refractivity contribution is 0.0302. The van der Waals surface area contributed by atoms with Gasteiger partial charge in [-0.3, -0.25) is 4.79 Å². The number of para-hydroxylation sites is 1. The summed E-state index contributed by atoms with van der Waals surface area (Å²) in [7, 11) is 0. The molecule has 0 spiro atoms. The molecule has 0 bridgehead atoms. The number of carbonyl (C=O) groups is 1. The normalized spacial score (nSPS) is 17.9. The van der Waals surface area contributed by atoms with Gasteiger partial charge in [0.1, 0.15) is 5.82 Å². The first-order valence-electron chi connectivity index (χ1n) is 9.16. The van der Waals surface area contributed by atoms with Gasteiger partial charge >= 0.3 is 0 Å². The molecule has 2 aliphatic rings. The number of ether oxygens (including phenoxy) is 1. The van der Waals surface area contributed by atoms with Crippen LogP contribution in [0.25, 0.3) is 0 Å². The van der Waals surface area contributed by atoms with Crippen LogP contribution < -0.4 is 9.80 Å². The van der Waals surface area contributed by atoms with Gasteiger partial charge in [0, 0.05) is 51.7 Å². The summed E-state index contributed by atoms with van der Waals surface area (Å²) < 4.78 is 19.2. The van der Waals surface area contributed by atoms with Crippen LogP contribution in [0.1, 0.15) is 10.4 Å². The topological polar surface area (TPSA) is 61.8 Å². The predicted molar refractivity (Wildman–Crippen MR) is 99.6 cm³/mol. The summed E-state index contributed by atoms with van der Waals surface area (Å²) in [4.78, 5) is 27.1. The third-order valence-corrected chi connectivity index (χ3v) is 4.94. The van der Waals surface area contributed by atoms with Crippen molar-refractivity contribution >= 4 is 17.5 Å². The SMILES string of the molecule is O=C(c1cnc(N2CCN(c3ccccc3F)CC2)nc1)N1CCOCC1. The Morgan fingerprint density at radius 1 is 0.926 bits per heavy atom. The molecule has 142 valence electrons. The van der Waals surface area contributed by atoms with E-state index in [9.17, 15) is 9.18 Å². The molecule has 2 aromatic rings. The molecule has 7 nitrogen and oxygen atoms in total. The molecule has 8 heteroatoms. The van der Waals surface area contributed by atoms with Gasteiger partial charge in [0.15, 0.2) is 0 Å². The van der Waals surface area contributed by atoms with Crippen LogP contribution in [0, 0.1) is 5.82 Å². The van der Waals surface area contributed by atoms with Gasteiger partial charge in [0.2, 0.25) is 5.95 Å². The van der Waals surface area contributed by atoms with Crippen LogP contribution in [0.2, 0.25) is 0 Å². The quantitative estimate of drug-likeness (QED) is 0.813. The molecule has 1 aromatic carbocycles. The second kappa shape index (κ2) is 7.87. The van der Waals surface area contributed by atoms with Crippen molar-refractivity contribution in [3.05, 3.63) is 48.0 Å². The zero-order valence-corrected chi connectivity index (χ0v) is 15.1. The molecule has 1 aromatic heterocycles. The molecule has 0 saturated carbocycles. The number of hydrogen-bond donors (Lipinski definition) is 0. The lowest BCUT2D eigenvalue weighted by atomic mass is 10.2. The van der Waals surface area contributed by atoms with E-state index in [4.69, 9.17) is 4.74 Å². The van der Waals surface area contributed by atoms with Crippen LogP contribution >= 0.6 is 0 Å². The van der Waals surface area contributed by atoms with Gasteiger partial charge in [-0.2, -0.15) is 0 Å². The molecule has 3 heterocycles. The molecule has 0 atom stereocenters. The summed E-state index contributed by atoms with van der Waals surface area (Å²) in [5.41, 5.74) is 1.12. The Balaban J connectivity index is 1.37. The average Bonchev–Trinajstić information content (AvgIpc) is 2.74. The zero-order valence-electron chi connectivity index (χ0n) is 15.1. The first-order valence-corrected chi connectivity index (χ1v) is 9.16. The fourth-order valence-electron chi connectivity index (χ4n) is 3.40. The standard InChI is InChI=1S/C19H22FN5O2/c20-16-3-1-2-4-17(16)23-5-7-25(8-6-23)19-21-13-15(14-22-19)18(26)24-9-11-27-12-10-24/h1-4,13-14H,5-12H2. The summed E-state index contributed by atoms with van der Waals surface area (Å²) in [6.07, 6.45) is 3.17. The molecule has 0 aliphatic carbocycles.